The Hall–Kier alpha value is -1.42. The van der Waals surface area contributed by atoms with Gasteiger partial charge in [0.2, 0.25) is 5.91 Å². The monoisotopic (exact) mass is 306 g/mol. The first-order valence-corrected chi connectivity index (χ1v) is 8.03. The Labute approximate surface area is 133 Å². The van der Waals surface area contributed by atoms with Gasteiger partial charge in [0.05, 0.1) is 6.54 Å². The third-order valence-electron chi connectivity index (χ3n) is 4.21. The van der Waals surface area contributed by atoms with Gasteiger partial charge in [0.15, 0.2) is 0 Å². The lowest BCUT2D eigenvalue weighted by Gasteiger charge is -2.37. The number of hydrogen-bond donors (Lipinski definition) is 0. The zero-order valence-corrected chi connectivity index (χ0v) is 14.1. The van der Waals surface area contributed by atoms with Crippen LogP contribution in [0.25, 0.3) is 0 Å². The number of halogens is 1. The molecule has 0 N–H and O–H groups in total. The van der Waals surface area contributed by atoms with Crippen LogP contribution >= 0.6 is 0 Å². The summed E-state index contributed by atoms with van der Waals surface area (Å²) < 4.78 is 13.4. The largest absolute Gasteiger partial charge is 0.332 e. The molecule has 0 bridgehead atoms. The second-order valence-corrected chi connectivity index (χ2v) is 7.41. The molecule has 1 aromatic rings. The van der Waals surface area contributed by atoms with Crippen molar-refractivity contribution in [3.05, 3.63) is 35.6 Å². The number of amides is 1. The Bertz CT molecular complexity index is 524. The summed E-state index contributed by atoms with van der Waals surface area (Å²) in [6.45, 7) is 11.2. The Morgan fingerprint density at radius 3 is 2.68 bits per heavy atom. The lowest BCUT2D eigenvalue weighted by atomic mass is 10.0. The van der Waals surface area contributed by atoms with Crippen molar-refractivity contribution < 1.29 is 9.18 Å². The van der Waals surface area contributed by atoms with Crippen LogP contribution in [0.3, 0.4) is 0 Å². The summed E-state index contributed by atoms with van der Waals surface area (Å²) in [7, 11) is 0. The summed E-state index contributed by atoms with van der Waals surface area (Å²) >= 11 is 0. The molecule has 0 aromatic heterocycles. The molecule has 2 rings (SSSR count). The van der Waals surface area contributed by atoms with Gasteiger partial charge in [-0.2, -0.15) is 0 Å². The van der Waals surface area contributed by atoms with E-state index in [-0.39, 0.29) is 17.3 Å². The number of carbonyl (C=O) groups is 1. The molecule has 1 aliphatic heterocycles. The molecule has 0 radical (unpaired) electrons. The van der Waals surface area contributed by atoms with Crippen LogP contribution in [0.15, 0.2) is 24.3 Å². The molecule has 1 saturated heterocycles. The molecule has 1 atom stereocenters. The van der Waals surface area contributed by atoms with E-state index in [1.807, 2.05) is 31.7 Å². The van der Waals surface area contributed by atoms with E-state index in [0.717, 1.165) is 25.1 Å². The maximum Gasteiger partial charge on any atom is 0.237 e. The molecule has 1 heterocycles. The summed E-state index contributed by atoms with van der Waals surface area (Å²) in [5.41, 5.74) is 0.549. The predicted octanol–water partition coefficient (Wildman–Crippen LogP) is 3.29. The van der Waals surface area contributed by atoms with Crippen LogP contribution in [0.2, 0.25) is 0 Å². The lowest BCUT2D eigenvalue weighted by Crippen LogP contribution is -2.48. The molecule has 1 aromatic carbocycles. The van der Waals surface area contributed by atoms with Gasteiger partial charge in [-0.3, -0.25) is 9.69 Å². The standard InChI is InChI=1S/C18H27FN2O/c1-14-8-9-20(11-14)13-17(22)21(18(2,3)4)12-15-6-5-7-16(19)10-15/h5-7,10,14H,8-9,11-13H2,1-4H3. The van der Waals surface area contributed by atoms with E-state index in [4.69, 9.17) is 0 Å². The number of benzene rings is 1. The second kappa shape index (κ2) is 6.78. The molecule has 1 aliphatic rings. The highest BCUT2D eigenvalue weighted by molar-refractivity contribution is 5.79. The maximum absolute atomic E-state index is 13.4. The fraction of sp³-hybridized carbons (Fsp3) is 0.611. The average Bonchev–Trinajstić information content (AvgIpc) is 2.80. The van der Waals surface area contributed by atoms with Crippen LogP contribution in [0, 0.1) is 11.7 Å². The third-order valence-corrected chi connectivity index (χ3v) is 4.21. The van der Waals surface area contributed by atoms with Crippen LogP contribution < -0.4 is 0 Å². The van der Waals surface area contributed by atoms with E-state index in [2.05, 4.69) is 11.8 Å². The smallest absolute Gasteiger partial charge is 0.237 e. The van der Waals surface area contributed by atoms with Crippen molar-refractivity contribution in [1.29, 1.82) is 0 Å². The van der Waals surface area contributed by atoms with Crippen molar-refractivity contribution >= 4 is 5.91 Å². The topological polar surface area (TPSA) is 23.6 Å². The molecule has 22 heavy (non-hydrogen) atoms. The van der Waals surface area contributed by atoms with Gasteiger partial charge in [-0.15, -0.1) is 0 Å². The average molecular weight is 306 g/mol. The molecular weight excluding hydrogens is 279 g/mol. The first-order chi connectivity index (χ1) is 10.3. The van der Waals surface area contributed by atoms with Crippen molar-refractivity contribution in [2.45, 2.75) is 46.2 Å². The van der Waals surface area contributed by atoms with E-state index in [1.54, 1.807) is 6.07 Å². The quantitative estimate of drug-likeness (QED) is 0.852. The van der Waals surface area contributed by atoms with Crippen LogP contribution in [-0.2, 0) is 11.3 Å². The van der Waals surface area contributed by atoms with Crippen LogP contribution in [0.4, 0.5) is 4.39 Å². The maximum atomic E-state index is 13.4. The fourth-order valence-electron chi connectivity index (χ4n) is 2.96. The van der Waals surface area contributed by atoms with E-state index < -0.39 is 0 Å². The van der Waals surface area contributed by atoms with Gasteiger partial charge in [0.1, 0.15) is 5.82 Å². The molecule has 4 heteroatoms. The highest BCUT2D eigenvalue weighted by Crippen LogP contribution is 2.20. The first-order valence-electron chi connectivity index (χ1n) is 8.03. The predicted molar refractivity (Wildman–Crippen MR) is 86.9 cm³/mol. The van der Waals surface area contributed by atoms with Crippen molar-refractivity contribution in [3.63, 3.8) is 0 Å². The molecule has 0 aliphatic carbocycles. The lowest BCUT2D eigenvalue weighted by molar-refractivity contribution is -0.137. The van der Waals surface area contributed by atoms with Gasteiger partial charge in [-0.25, -0.2) is 4.39 Å². The Kier molecular flexibility index (Phi) is 5.22. The van der Waals surface area contributed by atoms with Gasteiger partial charge in [-0.1, -0.05) is 19.1 Å². The molecule has 3 nitrogen and oxygen atoms in total. The second-order valence-electron chi connectivity index (χ2n) is 7.41. The summed E-state index contributed by atoms with van der Waals surface area (Å²) in [4.78, 5) is 16.8. The molecule has 1 fully saturated rings. The number of carbonyl (C=O) groups excluding carboxylic acids is 1. The van der Waals surface area contributed by atoms with Crippen molar-refractivity contribution in [3.8, 4) is 0 Å². The highest BCUT2D eigenvalue weighted by Gasteiger charge is 2.29. The van der Waals surface area contributed by atoms with Gasteiger partial charge in [0.25, 0.3) is 0 Å². The number of rotatable bonds is 4. The van der Waals surface area contributed by atoms with E-state index in [1.165, 1.54) is 12.1 Å². The van der Waals surface area contributed by atoms with Crippen LogP contribution in [0.1, 0.15) is 39.7 Å². The molecule has 1 amide bonds. The zero-order chi connectivity index (χ0) is 16.3. The Morgan fingerprint density at radius 2 is 2.14 bits per heavy atom. The van der Waals surface area contributed by atoms with Crippen LogP contribution in [-0.4, -0.2) is 40.9 Å². The minimum atomic E-state index is -0.283. The van der Waals surface area contributed by atoms with E-state index in [9.17, 15) is 9.18 Å². The molecule has 0 spiro atoms. The minimum absolute atomic E-state index is 0.117. The summed E-state index contributed by atoms with van der Waals surface area (Å²) in [5.74, 6) is 0.525. The summed E-state index contributed by atoms with van der Waals surface area (Å²) in [6.07, 6.45) is 1.16. The molecule has 1 unspecified atom stereocenters. The summed E-state index contributed by atoms with van der Waals surface area (Å²) in [5, 5.41) is 0. The Morgan fingerprint density at radius 1 is 1.41 bits per heavy atom. The number of hydrogen-bond acceptors (Lipinski definition) is 2. The van der Waals surface area contributed by atoms with Crippen LogP contribution in [0.5, 0.6) is 0 Å². The molecule has 122 valence electrons. The van der Waals surface area contributed by atoms with E-state index in [0.29, 0.717) is 19.0 Å². The van der Waals surface area contributed by atoms with Gasteiger partial charge >= 0.3 is 0 Å². The van der Waals surface area contributed by atoms with E-state index >= 15 is 0 Å². The highest BCUT2D eigenvalue weighted by atomic mass is 19.1. The third kappa shape index (κ3) is 4.54. The first kappa shape index (κ1) is 16.9. The van der Waals surface area contributed by atoms with Crippen molar-refractivity contribution in [1.82, 2.24) is 9.80 Å². The number of nitrogens with zero attached hydrogens (tertiary/aromatic N) is 2. The van der Waals surface area contributed by atoms with Gasteiger partial charge in [-0.05, 0) is 57.4 Å². The van der Waals surface area contributed by atoms with Gasteiger partial charge in [0, 0.05) is 18.6 Å². The minimum Gasteiger partial charge on any atom is -0.332 e. The van der Waals surface area contributed by atoms with Crippen molar-refractivity contribution in [2.75, 3.05) is 19.6 Å². The normalized spacial score (nSPS) is 19.4. The van der Waals surface area contributed by atoms with Gasteiger partial charge < -0.3 is 4.90 Å². The fourth-order valence-corrected chi connectivity index (χ4v) is 2.96. The Balaban J connectivity index is 2.07. The zero-order valence-electron chi connectivity index (χ0n) is 14.1. The summed E-state index contributed by atoms with van der Waals surface area (Å²) in [6, 6.07) is 6.49. The number of likely N-dealkylation sites (tertiary alicyclic amines) is 1. The van der Waals surface area contributed by atoms with Crippen molar-refractivity contribution in [2.24, 2.45) is 5.92 Å². The SMILES string of the molecule is CC1CCN(CC(=O)N(Cc2cccc(F)c2)C(C)(C)C)C1. The molecule has 0 saturated carbocycles. The molecular formula is C18H27FN2O.